The van der Waals surface area contributed by atoms with Gasteiger partial charge in [0.15, 0.2) is 5.82 Å². The minimum atomic E-state index is -0.711. The molecule has 0 bridgehead atoms. The van der Waals surface area contributed by atoms with Crippen LogP contribution in [0.15, 0.2) is 24.8 Å². The molecule has 0 fully saturated rings. The fourth-order valence-corrected chi connectivity index (χ4v) is 1.85. The first-order chi connectivity index (χ1) is 8.63. The van der Waals surface area contributed by atoms with Gasteiger partial charge in [-0.2, -0.15) is 5.10 Å². The zero-order chi connectivity index (χ0) is 13.1. The Kier molecular flexibility index (Phi) is 3.57. The molecule has 0 radical (unpaired) electrons. The molecule has 2 heterocycles. The lowest BCUT2D eigenvalue weighted by atomic mass is 10.1. The van der Waals surface area contributed by atoms with Crippen LogP contribution in [0, 0.1) is 0 Å². The summed E-state index contributed by atoms with van der Waals surface area (Å²) in [6.45, 7) is 2.82. The first kappa shape index (κ1) is 12.5. The fraction of sp³-hybridized carbons (Fsp3) is 0.417. The molecule has 6 nitrogen and oxygen atoms in total. The second-order valence-electron chi connectivity index (χ2n) is 4.23. The number of carbonyl (C=O) groups is 1. The molecule has 0 amide bonds. The molecular formula is C12H17N5O. The maximum Gasteiger partial charge on any atom is 0.219 e. The normalized spacial score (nSPS) is 12.6. The summed E-state index contributed by atoms with van der Waals surface area (Å²) in [7, 11) is 1.79. The number of aryl methyl sites for hydroxylation is 2. The van der Waals surface area contributed by atoms with Crippen LogP contribution >= 0.6 is 0 Å². The van der Waals surface area contributed by atoms with Gasteiger partial charge in [-0.15, -0.1) is 0 Å². The van der Waals surface area contributed by atoms with Gasteiger partial charge < -0.3 is 10.3 Å². The molecule has 0 aliphatic carbocycles. The molecule has 0 saturated carbocycles. The molecule has 6 heteroatoms. The molecule has 2 aromatic heterocycles. The number of Topliss-reactive ketones (excluding diaryl/α,β-unsaturated/α-hetero) is 1. The van der Waals surface area contributed by atoms with Gasteiger partial charge in [0, 0.05) is 37.7 Å². The highest BCUT2D eigenvalue weighted by Crippen LogP contribution is 2.14. The quantitative estimate of drug-likeness (QED) is 0.796. The molecule has 2 N–H and O–H groups in total. The summed E-state index contributed by atoms with van der Waals surface area (Å²) in [4.78, 5) is 16.4. The Balaban J connectivity index is 2.22. The van der Waals surface area contributed by atoms with Crippen LogP contribution in [-0.2, 0) is 13.6 Å². The smallest absolute Gasteiger partial charge is 0.219 e. The number of nitrogens with zero attached hydrogens (tertiary/aromatic N) is 4. The number of rotatable bonds is 5. The number of ketones is 1. The van der Waals surface area contributed by atoms with Gasteiger partial charge in [0.05, 0.1) is 6.20 Å². The first-order valence-corrected chi connectivity index (χ1v) is 5.93. The number of nitrogens with two attached hydrogens (primary N) is 1. The Morgan fingerprint density at radius 1 is 1.56 bits per heavy atom. The van der Waals surface area contributed by atoms with Crippen LogP contribution < -0.4 is 5.73 Å². The van der Waals surface area contributed by atoms with Gasteiger partial charge in [0.25, 0.3) is 0 Å². The van der Waals surface area contributed by atoms with Gasteiger partial charge in [-0.25, -0.2) is 4.98 Å². The van der Waals surface area contributed by atoms with Gasteiger partial charge >= 0.3 is 0 Å². The number of hydrogen-bond donors (Lipinski definition) is 1. The van der Waals surface area contributed by atoms with Crippen LogP contribution in [-0.4, -0.2) is 25.1 Å². The third-order valence-electron chi connectivity index (χ3n) is 2.77. The average Bonchev–Trinajstić information content (AvgIpc) is 2.97. The van der Waals surface area contributed by atoms with Crippen molar-refractivity contribution in [2.45, 2.75) is 25.9 Å². The van der Waals surface area contributed by atoms with Crippen molar-refractivity contribution in [2.24, 2.45) is 12.8 Å². The van der Waals surface area contributed by atoms with Crippen LogP contribution in [0.25, 0.3) is 0 Å². The Hall–Kier alpha value is -1.95. The highest BCUT2D eigenvalue weighted by atomic mass is 16.1. The Morgan fingerprint density at radius 3 is 2.94 bits per heavy atom. The Bertz CT molecular complexity index is 542. The Labute approximate surface area is 105 Å². The summed E-state index contributed by atoms with van der Waals surface area (Å²) in [6.07, 6.45) is 7.72. The summed E-state index contributed by atoms with van der Waals surface area (Å²) >= 11 is 0. The number of hydrogen-bond acceptors (Lipinski definition) is 4. The van der Waals surface area contributed by atoms with Crippen LogP contribution in [0.2, 0.25) is 0 Å². The fourth-order valence-electron chi connectivity index (χ4n) is 1.85. The van der Waals surface area contributed by atoms with E-state index in [1.165, 1.54) is 0 Å². The molecule has 0 aliphatic rings. The molecule has 18 heavy (non-hydrogen) atoms. The second-order valence-corrected chi connectivity index (χ2v) is 4.23. The van der Waals surface area contributed by atoms with Crippen LogP contribution in [0.4, 0.5) is 0 Å². The van der Waals surface area contributed by atoms with Crippen molar-refractivity contribution < 1.29 is 4.79 Å². The van der Waals surface area contributed by atoms with Crippen molar-refractivity contribution in [3.8, 4) is 0 Å². The molecule has 2 aromatic rings. The first-order valence-electron chi connectivity index (χ1n) is 5.93. The van der Waals surface area contributed by atoms with E-state index in [9.17, 15) is 4.79 Å². The zero-order valence-corrected chi connectivity index (χ0v) is 10.6. The number of imidazole rings is 1. The molecule has 0 aliphatic heterocycles. The van der Waals surface area contributed by atoms with E-state index in [4.69, 9.17) is 5.73 Å². The molecule has 0 spiro atoms. The Morgan fingerprint density at radius 2 is 2.33 bits per heavy atom. The number of aromatic nitrogens is 4. The molecule has 2 rings (SSSR count). The van der Waals surface area contributed by atoms with E-state index in [0.717, 1.165) is 13.0 Å². The van der Waals surface area contributed by atoms with Crippen molar-refractivity contribution in [1.82, 2.24) is 19.3 Å². The largest absolute Gasteiger partial charge is 0.328 e. The zero-order valence-electron chi connectivity index (χ0n) is 10.6. The summed E-state index contributed by atoms with van der Waals surface area (Å²) in [5.41, 5.74) is 6.65. The van der Waals surface area contributed by atoms with Gasteiger partial charge in [-0.1, -0.05) is 6.92 Å². The molecule has 1 atom stereocenters. The van der Waals surface area contributed by atoms with E-state index >= 15 is 0 Å². The minimum absolute atomic E-state index is 0.179. The van der Waals surface area contributed by atoms with Gasteiger partial charge in [0.2, 0.25) is 5.78 Å². The molecule has 0 aromatic carbocycles. The SMILES string of the molecule is CCCn1ccnc1C(=O)C(N)c1cnn(C)c1. The topological polar surface area (TPSA) is 78.7 Å². The van der Waals surface area contributed by atoms with Crippen molar-refractivity contribution in [2.75, 3.05) is 0 Å². The molecular weight excluding hydrogens is 230 g/mol. The third-order valence-corrected chi connectivity index (χ3v) is 2.77. The molecule has 0 saturated heterocycles. The summed E-state index contributed by atoms with van der Waals surface area (Å²) in [5.74, 6) is 0.231. The monoisotopic (exact) mass is 247 g/mol. The van der Waals surface area contributed by atoms with E-state index in [1.807, 2.05) is 4.57 Å². The van der Waals surface area contributed by atoms with Gasteiger partial charge in [-0.05, 0) is 6.42 Å². The summed E-state index contributed by atoms with van der Waals surface area (Å²) in [6, 6.07) is -0.711. The standard InChI is InChI=1S/C12H17N5O/c1-3-5-17-6-4-14-12(17)11(18)10(13)9-7-15-16(2)8-9/h4,6-8,10H,3,5,13H2,1-2H3. The second kappa shape index (κ2) is 5.14. The van der Waals surface area contributed by atoms with Gasteiger partial charge in [-0.3, -0.25) is 9.48 Å². The van der Waals surface area contributed by atoms with Crippen molar-refractivity contribution in [3.05, 3.63) is 36.2 Å². The minimum Gasteiger partial charge on any atom is -0.328 e. The number of carbonyl (C=O) groups excluding carboxylic acids is 1. The molecule has 1 unspecified atom stereocenters. The van der Waals surface area contributed by atoms with E-state index in [2.05, 4.69) is 17.0 Å². The van der Waals surface area contributed by atoms with E-state index < -0.39 is 6.04 Å². The third kappa shape index (κ3) is 2.33. The predicted molar refractivity (Wildman–Crippen MR) is 67.0 cm³/mol. The summed E-state index contributed by atoms with van der Waals surface area (Å²) < 4.78 is 3.46. The molecule has 96 valence electrons. The maximum atomic E-state index is 12.3. The van der Waals surface area contributed by atoms with E-state index in [1.54, 1.807) is 36.5 Å². The van der Waals surface area contributed by atoms with Crippen LogP contribution in [0.3, 0.4) is 0 Å². The van der Waals surface area contributed by atoms with E-state index in [0.29, 0.717) is 11.4 Å². The maximum absolute atomic E-state index is 12.3. The summed E-state index contributed by atoms with van der Waals surface area (Å²) in [5, 5.41) is 4.02. The predicted octanol–water partition coefficient (Wildman–Crippen LogP) is 0.909. The van der Waals surface area contributed by atoms with Crippen LogP contribution in [0.1, 0.15) is 35.6 Å². The highest BCUT2D eigenvalue weighted by molar-refractivity contribution is 5.97. The average molecular weight is 247 g/mol. The highest BCUT2D eigenvalue weighted by Gasteiger charge is 2.22. The van der Waals surface area contributed by atoms with Crippen molar-refractivity contribution in [1.29, 1.82) is 0 Å². The van der Waals surface area contributed by atoms with Gasteiger partial charge in [0.1, 0.15) is 6.04 Å². The lowest BCUT2D eigenvalue weighted by Crippen LogP contribution is -2.24. The van der Waals surface area contributed by atoms with Crippen LogP contribution in [0.5, 0.6) is 0 Å². The van der Waals surface area contributed by atoms with E-state index in [-0.39, 0.29) is 5.78 Å². The lowest BCUT2D eigenvalue weighted by molar-refractivity contribution is 0.0946. The van der Waals surface area contributed by atoms with Crippen molar-refractivity contribution >= 4 is 5.78 Å². The lowest BCUT2D eigenvalue weighted by Gasteiger charge is -2.09. The van der Waals surface area contributed by atoms with Crippen molar-refractivity contribution in [3.63, 3.8) is 0 Å².